The van der Waals surface area contributed by atoms with Gasteiger partial charge in [0, 0.05) is 5.56 Å². The van der Waals surface area contributed by atoms with Gasteiger partial charge in [0.05, 0.1) is 12.4 Å². The van der Waals surface area contributed by atoms with E-state index in [1.807, 2.05) is 6.33 Å². The fourth-order valence-electron chi connectivity index (χ4n) is 2.67. The van der Waals surface area contributed by atoms with Gasteiger partial charge in [0.1, 0.15) is 5.69 Å². The molecule has 3 aromatic rings. The molecule has 0 aliphatic rings. The summed E-state index contributed by atoms with van der Waals surface area (Å²) in [4.78, 5) is 4.54. The molecule has 0 saturated heterocycles. The number of hydrogen-bond acceptors (Lipinski definition) is 1. The third kappa shape index (κ3) is 2.07. The van der Waals surface area contributed by atoms with Crippen LogP contribution in [0.15, 0.2) is 42.7 Å². The second kappa shape index (κ2) is 4.71. The third-order valence-electron chi connectivity index (χ3n) is 3.78. The molecule has 0 radical (unpaired) electrons. The molecule has 0 saturated carbocycles. The van der Waals surface area contributed by atoms with Crippen molar-refractivity contribution in [1.29, 1.82) is 0 Å². The van der Waals surface area contributed by atoms with Crippen LogP contribution in [0.5, 0.6) is 0 Å². The van der Waals surface area contributed by atoms with E-state index in [2.05, 4.69) is 73.8 Å². The Morgan fingerprint density at radius 1 is 0.900 bits per heavy atom. The molecular weight excluding hydrogens is 244 g/mol. The van der Waals surface area contributed by atoms with Gasteiger partial charge in [0.2, 0.25) is 0 Å². The average molecular weight is 263 g/mol. The van der Waals surface area contributed by atoms with Gasteiger partial charge in [-0.2, -0.15) is 0 Å². The topological polar surface area (TPSA) is 16.8 Å². The van der Waals surface area contributed by atoms with Gasteiger partial charge in [0.25, 0.3) is 6.33 Å². The van der Waals surface area contributed by atoms with E-state index >= 15 is 0 Å². The van der Waals surface area contributed by atoms with Crippen molar-refractivity contribution in [3.8, 4) is 11.3 Å². The summed E-state index contributed by atoms with van der Waals surface area (Å²) in [6.07, 6.45) is 1.90. The van der Waals surface area contributed by atoms with Gasteiger partial charge in [-0.25, -0.2) is 4.57 Å². The molecule has 3 rings (SSSR count). The summed E-state index contributed by atoms with van der Waals surface area (Å²) in [6, 6.07) is 13.1. The molecule has 0 spiro atoms. The van der Waals surface area contributed by atoms with Crippen molar-refractivity contribution < 1.29 is 4.57 Å². The Balaban J connectivity index is 2.40. The second-order valence-electron chi connectivity index (χ2n) is 5.54. The summed E-state index contributed by atoms with van der Waals surface area (Å²) >= 11 is 0. The molecule has 1 aromatic heterocycles. The Morgan fingerprint density at radius 2 is 1.60 bits per heavy atom. The van der Waals surface area contributed by atoms with Gasteiger partial charge >= 0.3 is 0 Å². The first-order valence-electron chi connectivity index (χ1n) is 6.89. The second-order valence-corrected chi connectivity index (χ2v) is 5.54. The average Bonchev–Trinajstić information content (AvgIpc) is 2.42. The van der Waals surface area contributed by atoms with E-state index in [1.165, 1.54) is 33.3 Å². The molecule has 0 aliphatic carbocycles. The maximum absolute atomic E-state index is 4.54. The minimum Gasteiger partial charge on any atom is -0.232 e. The predicted molar refractivity (Wildman–Crippen MR) is 82.6 cm³/mol. The lowest BCUT2D eigenvalue weighted by Gasteiger charge is -2.10. The molecular formula is C18H19N2+. The molecule has 0 unspecified atom stereocenters. The van der Waals surface area contributed by atoms with Crippen molar-refractivity contribution in [2.24, 2.45) is 7.05 Å². The van der Waals surface area contributed by atoms with E-state index in [4.69, 9.17) is 0 Å². The Hall–Kier alpha value is -2.22. The van der Waals surface area contributed by atoms with Crippen molar-refractivity contribution in [1.82, 2.24) is 4.98 Å². The van der Waals surface area contributed by atoms with E-state index in [0.29, 0.717) is 0 Å². The van der Waals surface area contributed by atoms with E-state index in [-0.39, 0.29) is 0 Å². The first-order chi connectivity index (χ1) is 9.56. The zero-order valence-electron chi connectivity index (χ0n) is 12.4. The molecule has 0 amide bonds. The number of rotatable bonds is 1. The van der Waals surface area contributed by atoms with Crippen LogP contribution in [0.3, 0.4) is 0 Å². The molecule has 0 atom stereocenters. The Bertz CT molecular complexity index is 804. The highest BCUT2D eigenvalue weighted by Gasteiger charge is 2.16. The summed E-state index contributed by atoms with van der Waals surface area (Å²) in [5.74, 6) is 0. The highest BCUT2D eigenvalue weighted by molar-refractivity contribution is 5.91. The fraction of sp³-hybridized carbons (Fsp3) is 0.222. The normalized spacial score (nSPS) is 11.0. The van der Waals surface area contributed by atoms with Gasteiger partial charge in [-0.05, 0) is 55.1 Å². The van der Waals surface area contributed by atoms with Crippen molar-refractivity contribution in [3.05, 3.63) is 59.4 Å². The summed E-state index contributed by atoms with van der Waals surface area (Å²) in [5.41, 5.74) is 7.38. The van der Waals surface area contributed by atoms with Crippen LogP contribution in [0.1, 0.15) is 16.7 Å². The number of nitrogens with zero attached hydrogens (tertiary/aromatic N) is 2. The van der Waals surface area contributed by atoms with Crippen LogP contribution in [0.2, 0.25) is 0 Å². The standard InChI is InChI=1S/C18H19N2/c1-12-5-7-14(3)16(9-12)18-15-8-6-13(2)10-17(15)19-11-20(18)4/h5-11H,1-4H3/q+1. The molecule has 0 bridgehead atoms. The van der Waals surface area contributed by atoms with Crippen molar-refractivity contribution >= 4 is 10.9 Å². The molecule has 20 heavy (non-hydrogen) atoms. The van der Waals surface area contributed by atoms with Crippen LogP contribution < -0.4 is 4.57 Å². The van der Waals surface area contributed by atoms with Gasteiger partial charge in [-0.3, -0.25) is 0 Å². The number of aromatic nitrogens is 2. The van der Waals surface area contributed by atoms with E-state index in [9.17, 15) is 0 Å². The number of fused-ring (bicyclic) bond motifs is 1. The SMILES string of the molecule is Cc1ccc(C)c(-c2c3ccc(C)cc3nc[n+]2C)c1. The van der Waals surface area contributed by atoms with Crippen LogP contribution in [0, 0.1) is 20.8 Å². The minimum absolute atomic E-state index is 1.05. The first kappa shape index (κ1) is 12.8. The summed E-state index contributed by atoms with van der Waals surface area (Å²) < 4.78 is 2.11. The number of hydrogen-bond donors (Lipinski definition) is 0. The minimum atomic E-state index is 1.05. The summed E-state index contributed by atoms with van der Waals surface area (Å²) in [6.45, 7) is 6.40. The molecule has 2 aromatic carbocycles. The predicted octanol–water partition coefficient (Wildman–Crippen LogP) is 3.65. The van der Waals surface area contributed by atoms with Gasteiger partial charge in [-0.1, -0.05) is 23.8 Å². The molecule has 100 valence electrons. The zero-order chi connectivity index (χ0) is 14.3. The first-order valence-corrected chi connectivity index (χ1v) is 6.89. The highest BCUT2D eigenvalue weighted by atomic mass is 15.0. The van der Waals surface area contributed by atoms with Gasteiger partial charge in [-0.15, -0.1) is 0 Å². The molecule has 1 heterocycles. The van der Waals surface area contributed by atoms with Crippen LogP contribution in [-0.4, -0.2) is 4.98 Å². The maximum atomic E-state index is 4.54. The molecule has 0 N–H and O–H groups in total. The Morgan fingerprint density at radius 3 is 2.40 bits per heavy atom. The van der Waals surface area contributed by atoms with Gasteiger partial charge in [0.15, 0.2) is 5.52 Å². The smallest absolute Gasteiger partial charge is 0.232 e. The largest absolute Gasteiger partial charge is 0.287 e. The Kier molecular flexibility index (Phi) is 3.01. The maximum Gasteiger partial charge on any atom is 0.287 e. The number of benzene rings is 2. The Labute approximate surface area is 119 Å². The van der Waals surface area contributed by atoms with Crippen LogP contribution in [-0.2, 0) is 7.05 Å². The van der Waals surface area contributed by atoms with Crippen LogP contribution >= 0.6 is 0 Å². The fourth-order valence-corrected chi connectivity index (χ4v) is 2.67. The van der Waals surface area contributed by atoms with Crippen LogP contribution in [0.4, 0.5) is 0 Å². The summed E-state index contributed by atoms with van der Waals surface area (Å²) in [7, 11) is 2.06. The van der Waals surface area contributed by atoms with E-state index in [0.717, 1.165) is 5.52 Å². The molecule has 2 nitrogen and oxygen atoms in total. The monoisotopic (exact) mass is 263 g/mol. The van der Waals surface area contributed by atoms with Crippen molar-refractivity contribution in [2.45, 2.75) is 20.8 Å². The van der Waals surface area contributed by atoms with E-state index < -0.39 is 0 Å². The van der Waals surface area contributed by atoms with Crippen molar-refractivity contribution in [3.63, 3.8) is 0 Å². The lowest BCUT2D eigenvalue weighted by atomic mass is 9.99. The lowest BCUT2D eigenvalue weighted by Crippen LogP contribution is -2.31. The molecule has 0 fully saturated rings. The third-order valence-corrected chi connectivity index (χ3v) is 3.78. The van der Waals surface area contributed by atoms with Crippen LogP contribution in [0.25, 0.3) is 22.2 Å². The summed E-state index contributed by atoms with van der Waals surface area (Å²) in [5, 5.41) is 1.20. The molecule has 2 heteroatoms. The zero-order valence-corrected chi connectivity index (χ0v) is 12.4. The highest BCUT2D eigenvalue weighted by Crippen LogP contribution is 2.28. The lowest BCUT2D eigenvalue weighted by molar-refractivity contribution is -0.662. The van der Waals surface area contributed by atoms with E-state index in [1.54, 1.807) is 0 Å². The van der Waals surface area contributed by atoms with Gasteiger partial charge < -0.3 is 0 Å². The van der Waals surface area contributed by atoms with Crippen molar-refractivity contribution in [2.75, 3.05) is 0 Å². The molecule has 0 aliphatic heterocycles. The quantitative estimate of drug-likeness (QED) is 0.612. The number of aryl methyl sites for hydroxylation is 4.